The summed E-state index contributed by atoms with van der Waals surface area (Å²) in [5.74, 6) is -1.09. The number of carbonyl (C=O) groups is 2. The molecule has 0 saturated carbocycles. The van der Waals surface area contributed by atoms with Crippen LogP contribution in [0.25, 0.3) is 0 Å². The zero-order valence-electron chi connectivity index (χ0n) is 4.76. The molecule has 0 aliphatic carbocycles. The second-order valence-electron chi connectivity index (χ2n) is 1.41. The van der Waals surface area contributed by atoms with Crippen molar-refractivity contribution in [1.29, 1.82) is 0 Å². The Hall–Kier alpha value is -1.32. The van der Waals surface area contributed by atoms with E-state index < -0.39 is 5.97 Å². The lowest BCUT2D eigenvalue weighted by Crippen LogP contribution is -2.18. The van der Waals surface area contributed by atoms with Crippen molar-refractivity contribution in [2.75, 3.05) is 6.54 Å². The summed E-state index contributed by atoms with van der Waals surface area (Å²) in [6.45, 7) is 3.17. The average molecular weight is 129 g/mol. The molecular weight excluding hydrogens is 122 g/mol. The molecule has 0 atom stereocenters. The molecule has 0 fully saturated rings. The summed E-state index contributed by atoms with van der Waals surface area (Å²) >= 11 is 0. The van der Waals surface area contributed by atoms with Crippen molar-refractivity contribution in [3.05, 3.63) is 12.2 Å². The Morgan fingerprint density at radius 2 is 2.33 bits per heavy atom. The fourth-order valence-electron chi connectivity index (χ4n) is 0.240. The molecule has 0 spiro atoms. The smallest absolute Gasteiger partial charge is 0.332 e. The van der Waals surface area contributed by atoms with E-state index in [-0.39, 0.29) is 12.1 Å². The van der Waals surface area contributed by atoms with Gasteiger partial charge >= 0.3 is 5.97 Å². The van der Waals surface area contributed by atoms with Crippen LogP contribution in [0, 0.1) is 0 Å². The van der Waals surface area contributed by atoms with Gasteiger partial charge in [-0.05, 0) is 0 Å². The lowest BCUT2D eigenvalue weighted by Gasteiger charge is -1.94. The Morgan fingerprint density at radius 3 is 2.67 bits per heavy atom. The van der Waals surface area contributed by atoms with Gasteiger partial charge in [0.25, 0.3) is 0 Å². The summed E-state index contributed by atoms with van der Waals surface area (Å²) in [5.41, 5.74) is -0.0258. The topological polar surface area (TPSA) is 66.4 Å². The molecule has 0 aromatic carbocycles. The maximum atomic E-state index is 9.95. The SMILES string of the molecule is C=C(CNC=O)C(=O)O. The third-order valence-electron chi connectivity index (χ3n) is 0.701. The predicted octanol–water partition coefficient (Wildman–Crippen LogP) is -0.627. The Balaban J connectivity index is 3.51. The first kappa shape index (κ1) is 7.68. The monoisotopic (exact) mass is 129 g/mol. The maximum Gasteiger partial charge on any atom is 0.332 e. The molecule has 4 heteroatoms. The summed E-state index contributed by atoms with van der Waals surface area (Å²) in [6, 6.07) is 0. The highest BCUT2D eigenvalue weighted by Gasteiger charge is 2.00. The fourth-order valence-corrected chi connectivity index (χ4v) is 0.240. The first-order chi connectivity index (χ1) is 4.18. The largest absolute Gasteiger partial charge is 0.478 e. The van der Waals surface area contributed by atoms with Gasteiger partial charge < -0.3 is 10.4 Å². The Morgan fingerprint density at radius 1 is 1.78 bits per heavy atom. The zero-order chi connectivity index (χ0) is 7.28. The number of hydrogen-bond donors (Lipinski definition) is 2. The molecule has 0 saturated heterocycles. The van der Waals surface area contributed by atoms with E-state index in [1.165, 1.54) is 0 Å². The average Bonchev–Trinajstić information content (AvgIpc) is 1.82. The van der Waals surface area contributed by atoms with Crippen LogP contribution in [0.3, 0.4) is 0 Å². The summed E-state index contributed by atoms with van der Waals surface area (Å²) < 4.78 is 0. The van der Waals surface area contributed by atoms with E-state index in [4.69, 9.17) is 5.11 Å². The molecule has 1 amide bonds. The van der Waals surface area contributed by atoms with E-state index in [2.05, 4.69) is 11.9 Å². The number of amides is 1. The lowest BCUT2D eigenvalue weighted by molar-refractivity contribution is -0.132. The molecule has 2 N–H and O–H groups in total. The van der Waals surface area contributed by atoms with Crippen LogP contribution in [0.5, 0.6) is 0 Å². The van der Waals surface area contributed by atoms with Gasteiger partial charge in [0.2, 0.25) is 6.41 Å². The van der Waals surface area contributed by atoms with Gasteiger partial charge in [-0.2, -0.15) is 0 Å². The van der Waals surface area contributed by atoms with Crippen LogP contribution in [-0.4, -0.2) is 24.0 Å². The van der Waals surface area contributed by atoms with Gasteiger partial charge in [-0.3, -0.25) is 4.79 Å². The van der Waals surface area contributed by atoms with Gasteiger partial charge in [-0.1, -0.05) is 6.58 Å². The maximum absolute atomic E-state index is 9.95. The van der Waals surface area contributed by atoms with Crippen molar-refractivity contribution < 1.29 is 14.7 Å². The van der Waals surface area contributed by atoms with Crippen molar-refractivity contribution in [3.63, 3.8) is 0 Å². The van der Waals surface area contributed by atoms with Crippen molar-refractivity contribution in [3.8, 4) is 0 Å². The summed E-state index contributed by atoms with van der Waals surface area (Å²) in [6.07, 6.45) is 0.425. The number of carboxylic acid groups (broad SMARTS) is 1. The lowest BCUT2D eigenvalue weighted by atomic mass is 10.3. The van der Waals surface area contributed by atoms with Gasteiger partial charge in [0.05, 0.1) is 0 Å². The Kier molecular flexibility index (Phi) is 3.12. The van der Waals surface area contributed by atoms with E-state index in [1.807, 2.05) is 0 Å². The molecule has 0 rings (SSSR count). The highest BCUT2D eigenvalue weighted by Crippen LogP contribution is 1.83. The molecule has 9 heavy (non-hydrogen) atoms. The quantitative estimate of drug-likeness (QED) is 0.392. The van der Waals surface area contributed by atoms with Crippen LogP contribution in [0.1, 0.15) is 0 Å². The van der Waals surface area contributed by atoms with E-state index >= 15 is 0 Å². The minimum absolute atomic E-state index is 0.00116. The van der Waals surface area contributed by atoms with Gasteiger partial charge in [-0.25, -0.2) is 4.79 Å². The van der Waals surface area contributed by atoms with Gasteiger partial charge in [-0.15, -0.1) is 0 Å². The third kappa shape index (κ3) is 3.28. The third-order valence-corrected chi connectivity index (χ3v) is 0.701. The molecule has 0 heterocycles. The van der Waals surface area contributed by atoms with Crippen molar-refractivity contribution in [1.82, 2.24) is 5.32 Å². The molecule has 50 valence electrons. The van der Waals surface area contributed by atoms with Crippen molar-refractivity contribution in [2.45, 2.75) is 0 Å². The van der Waals surface area contributed by atoms with Crippen LogP contribution < -0.4 is 5.32 Å². The van der Waals surface area contributed by atoms with Gasteiger partial charge in [0.15, 0.2) is 0 Å². The van der Waals surface area contributed by atoms with E-state index in [9.17, 15) is 9.59 Å². The first-order valence-corrected chi connectivity index (χ1v) is 2.26. The first-order valence-electron chi connectivity index (χ1n) is 2.26. The molecule has 0 radical (unpaired) electrons. The minimum Gasteiger partial charge on any atom is -0.478 e. The molecular formula is C5H7NO3. The van der Waals surface area contributed by atoms with Crippen LogP contribution in [0.2, 0.25) is 0 Å². The van der Waals surface area contributed by atoms with Crippen LogP contribution >= 0.6 is 0 Å². The number of carboxylic acids is 1. The number of carbonyl (C=O) groups excluding carboxylic acids is 1. The van der Waals surface area contributed by atoms with E-state index in [0.717, 1.165) is 0 Å². The molecule has 0 bridgehead atoms. The molecule has 0 aliphatic rings. The molecule has 0 aliphatic heterocycles. The normalized spacial score (nSPS) is 8.00. The zero-order valence-corrected chi connectivity index (χ0v) is 4.76. The summed E-state index contributed by atoms with van der Waals surface area (Å²) in [7, 11) is 0. The van der Waals surface area contributed by atoms with E-state index in [0.29, 0.717) is 6.41 Å². The van der Waals surface area contributed by atoms with Crippen LogP contribution in [-0.2, 0) is 9.59 Å². The number of aliphatic carboxylic acids is 1. The minimum atomic E-state index is -1.09. The second kappa shape index (κ2) is 3.65. The Bertz CT molecular complexity index is 141. The van der Waals surface area contributed by atoms with Gasteiger partial charge in [0, 0.05) is 12.1 Å². The van der Waals surface area contributed by atoms with Crippen molar-refractivity contribution >= 4 is 12.4 Å². The number of nitrogens with one attached hydrogen (secondary N) is 1. The Labute approximate surface area is 52.2 Å². The highest BCUT2D eigenvalue weighted by molar-refractivity contribution is 5.86. The summed E-state index contributed by atoms with van der Waals surface area (Å²) in [5, 5.41) is 10.3. The second-order valence-corrected chi connectivity index (χ2v) is 1.41. The highest BCUT2D eigenvalue weighted by atomic mass is 16.4. The standard InChI is InChI=1S/C5H7NO3/c1-4(5(8)9)2-6-3-7/h3H,1-2H2,(H,6,7)(H,8,9). The fraction of sp³-hybridized carbons (Fsp3) is 0.200. The predicted molar refractivity (Wildman–Crippen MR) is 30.8 cm³/mol. The molecule has 4 nitrogen and oxygen atoms in total. The van der Waals surface area contributed by atoms with Crippen LogP contribution in [0.4, 0.5) is 0 Å². The van der Waals surface area contributed by atoms with Crippen molar-refractivity contribution in [2.24, 2.45) is 0 Å². The summed E-state index contributed by atoms with van der Waals surface area (Å²) in [4.78, 5) is 19.5. The molecule has 0 unspecified atom stereocenters. The van der Waals surface area contributed by atoms with Gasteiger partial charge in [0.1, 0.15) is 0 Å². The molecule has 0 aromatic heterocycles. The van der Waals surface area contributed by atoms with E-state index in [1.54, 1.807) is 0 Å². The number of hydrogen-bond acceptors (Lipinski definition) is 2. The number of rotatable bonds is 4. The molecule has 0 aromatic rings. The van der Waals surface area contributed by atoms with Crippen LogP contribution in [0.15, 0.2) is 12.2 Å².